The second-order valence-corrected chi connectivity index (χ2v) is 11.2. The Bertz CT molecular complexity index is 1100. The van der Waals surface area contributed by atoms with E-state index in [2.05, 4.69) is 6.58 Å². The Balaban J connectivity index is 2.58. The molecular weight excluding hydrogens is 494 g/mol. The minimum Gasteiger partial charge on any atom is -0.394 e. The second-order valence-electron chi connectivity index (χ2n) is 11.2. The van der Waals surface area contributed by atoms with Gasteiger partial charge in [0.05, 0.1) is 6.61 Å². The minimum absolute atomic E-state index is 0.0772. The summed E-state index contributed by atoms with van der Waals surface area (Å²) >= 11 is 0. The van der Waals surface area contributed by atoms with Gasteiger partial charge in [0.1, 0.15) is 41.1 Å². The van der Waals surface area contributed by atoms with Crippen molar-refractivity contribution in [3.05, 3.63) is 82.4 Å². The summed E-state index contributed by atoms with van der Waals surface area (Å²) in [6.45, 7) is 11.7. The summed E-state index contributed by atoms with van der Waals surface area (Å²) in [4.78, 5) is 0. The smallest absolute Gasteiger partial charge is 0.126 e. The van der Waals surface area contributed by atoms with Crippen molar-refractivity contribution in [3.8, 4) is 0 Å². The van der Waals surface area contributed by atoms with Gasteiger partial charge >= 0.3 is 0 Å². The van der Waals surface area contributed by atoms with Gasteiger partial charge in [0.25, 0.3) is 0 Å². The van der Waals surface area contributed by atoms with Gasteiger partial charge in [0.2, 0.25) is 0 Å². The number of aliphatic hydroxyl groups is 6. The van der Waals surface area contributed by atoms with Gasteiger partial charge < -0.3 is 30.6 Å². The van der Waals surface area contributed by atoms with Crippen LogP contribution in [0.3, 0.4) is 0 Å². The molecule has 2 aromatic rings. The summed E-state index contributed by atoms with van der Waals surface area (Å²) in [5.41, 5.74) is -2.99. The topological polar surface area (TPSA) is 121 Å². The number of rotatable bonds is 13. The maximum Gasteiger partial charge on any atom is 0.126 e. The Labute approximate surface area is 223 Å². The molecule has 2 rings (SSSR count). The minimum atomic E-state index is -2.64. The molecule has 6 nitrogen and oxygen atoms in total. The van der Waals surface area contributed by atoms with Crippen LogP contribution in [0.4, 0.5) is 8.78 Å². The van der Waals surface area contributed by atoms with Crippen molar-refractivity contribution in [2.45, 2.75) is 95.2 Å². The van der Waals surface area contributed by atoms with Gasteiger partial charge in [-0.05, 0) is 59.6 Å². The lowest BCUT2D eigenvalue weighted by molar-refractivity contribution is -0.228. The summed E-state index contributed by atoms with van der Waals surface area (Å²) in [6, 6.07) is 8.62. The van der Waals surface area contributed by atoms with E-state index in [1.54, 1.807) is 19.1 Å². The Morgan fingerprint density at radius 2 is 1.29 bits per heavy atom. The summed E-state index contributed by atoms with van der Waals surface area (Å²) < 4.78 is 29.5. The molecule has 212 valence electrons. The van der Waals surface area contributed by atoms with Crippen LogP contribution in [0.5, 0.6) is 0 Å². The van der Waals surface area contributed by atoms with Crippen LogP contribution in [0.15, 0.2) is 48.6 Å². The third-order valence-electron chi connectivity index (χ3n) is 7.03. The van der Waals surface area contributed by atoms with Crippen LogP contribution in [0.2, 0.25) is 0 Å². The number of hydrogen-bond donors (Lipinski definition) is 6. The molecule has 0 saturated carbocycles. The zero-order valence-corrected chi connectivity index (χ0v) is 22.8. The van der Waals surface area contributed by atoms with Gasteiger partial charge in [-0.15, -0.1) is 6.58 Å². The van der Waals surface area contributed by atoms with Crippen LogP contribution >= 0.6 is 0 Å². The zero-order chi connectivity index (χ0) is 29.0. The SMILES string of the molecule is C=C(C)CC(O)(Cc1ccc(C(C)C)c(F)c1)[C@@H](O)[C@@](O)(Cc1ccc(C(C)C)c(F)c1)[C@H](O)[C@@H](O)CO. The van der Waals surface area contributed by atoms with E-state index in [1.807, 2.05) is 27.7 Å². The predicted octanol–water partition coefficient (Wildman–Crippen LogP) is 3.50. The van der Waals surface area contributed by atoms with Crippen molar-refractivity contribution in [2.75, 3.05) is 6.61 Å². The molecule has 0 aromatic heterocycles. The summed E-state index contributed by atoms with van der Waals surface area (Å²) in [5.74, 6) is -1.23. The zero-order valence-electron chi connectivity index (χ0n) is 22.8. The molecule has 0 saturated heterocycles. The van der Waals surface area contributed by atoms with Crippen LogP contribution in [-0.2, 0) is 12.8 Å². The number of benzene rings is 2. The Morgan fingerprint density at radius 3 is 1.66 bits per heavy atom. The Kier molecular flexibility index (Phi) is 10.8. The molecule has 0 radical (unpaired) electrons. The van der Waals surface area contributed by atoms with E-state index in [4.69, 9.17) is 0 Å². The first-order valence-corrected chi connectivity index (χ1v) is 12.9. The molecule has 0 aliphatic rings. The lowest BCUT2D eigenvalue weighted by Crippen LogP contribution is -2.66. The number of hydrogen-bond acceptors (Lipinski definition) is 6. The molecular formula is C30H42F2O6. The van der Waals surface area contributed by atoms with E-state index in [0.29, 0.717) is 22.3 Å². The standard InChI is InChI=1S/C30H42F2O6/c1-17(2)13-29(37,14-20-7-9-22(18(3)4)24(31)11-20)28(36)30(38,27(35)26(34)16-33)15-21-8-10-23(19(5)6)25(32)12-21/h7-12,18-19,26-28,33-38H,1,13-16H2,2-6H3/t26-,27+,28+,29?,30+/m0/s1. The van der Waals surface area contributed by atoms with E-state index in [9.17, 15) is 39.4 Å². The molecule has 0 amide bonds. The van der Waals surface area contributed by atoms with E-state index in [-0.39, 0.29) is 30.2 Å². The van der Waals surface area contributed by atoms with Crippen molar-refractivity contribution in [1.82, 2.24) is 0 Å². The largest absolute Gasteiger partial charge is 0.394 e. The Morgan fingerprint density at radius 1 is 0.842 bits per heavy atom. The number of aliphatic hydroxyl groups excluding tert-OH is 4. The maximum atomic E-state index is 14.7. The van der Waals surface area contributed by atoms with Gasteiger partial charge in [0.15, 0.2) is 0 Å². The van der Waals surface area contributed by atoms with Crippen molar-refractivity contribution in [1.29, 1.82) is 0 Å². The predicted molar refractivity (Wildman–Crippen MR) is 143 cm³/mol. The van der Waals surface area contributed by atoms with Crippen molar-refractivity contribution >= 4 is 0 Å². The fourth-order valence-corrected chi connectivity index (χ4v) is 5.02. The normalized spacial score (nSPS) is 17.7. The molecule has 1 unspecified atom stereocenters. The number of halogens is 2. The average molecular weight is 537 g/mol. The van der Waals surface area contributed by atoms with Crippen LogP contribution in [0.25, 0.3) is 0 Å². The highest BCUT2D eigenvalue weighted by Gasteiger charge is 2.54. The second kappa shape index (κ2) is 12.8. The van der Waals surface area contributed by atoms with Crippen molar-refractivity contribution in [2.24, 2.45) is 0 Å². The van der Waals surface area contributed by atoms with E-state index < -0.39 is 54.2 Å². The molecule has 8 heteroatoms. The first-order valence-electron chi connectivity index (χ1n) is 12.9. The molecule has 0 spiro atoms. The highest BCUT2D eigenvalue weighted by molar-refractivity contribution is 5.31. The lowest BCUT2D eigenvalue weighted by Gasteiger charge is -2.46. The highest BCUT2D eigenvalue weighted by atomic mass is 19.1. The van der Waals surface area contributed by atoms with Gasteiger partial charge in [-0.2, -0.15) is 0 Å². The van der Waals surface area contributed by atoms with Crippen LogP contribution < -0.4 is 0 Å². The van der Waals surface area contributed by atoms with E-state index >= 15 is 0 Å². The third-order valence-corrected chi connectivity index (χ3v) is 7.03. The van der Waals surface area contributed by atoms with Crippen LogP contribution in [-0.4, -0.2) is 66.8 Å². The highest BCUT2D eigenvalue weighted by Crippen LogP contribution is 2.36. The van der Waals surface area contributed by atoms with Crippen molar-refractivity contribution in [3.63, 3.8) is 0 Å². The van der Waals surface area contributed by atoms with Gasteiger partial charge in [-0.1, -0.05) is 57.5 Å². The maximum absolute atomic E-state index is 14.7. The average Bonchev–Trinajstić information content (AvgIpc) is 2.81. The molecule has 0 fully saturated rings. The first-order chi connectivity index (χ1) is 17.6. The molecule has 0 heterocycles. The summed E-state index contributed by atoms with van der Waals surface area (Å²) in [7, 11) is 0. The van der Waals surface area contributed by atoms with E-state index in [1.165, 1.54) is 18.2 Å². The molecule has 0 aliphatic heterocycles. The molecule has 2 aromatic carbocycles. The molecule has 0 bridgehead atoms. The van der Waals surface area contributed by atoms with Gasteiger partial charge in [-0.3, -0.25) is 0 Å². The molecule has 0 aliphatic carbocycles. The van der Waals surface area contributed by atoms with Crippen LogP contribution in [0, 0.1) is 11.6 Å². The molecule has 5 atom stereocenters. The Hall–Kier alpha value is -2.20. The van der Waals surface area contributed by atoms with E-state index in [0.717, 1.165) is 6.07 Å². The fraction of sp³-hybridized carbons (Fsp3) is 0.533. The molecule has 6 N–H and O–H groups in total. The fourth-order valence-electron chi connectivity index (χ4n) is 5.02. The van der Waals surface area contributed by atoms with Crippen LogP contribution in [0.1, 0.15) is 75.1 Å². The molecule has 38 heavy (non-hydrogen) atoms. The first kappa shape index (κ1) is 32.0. The third kappa shape index (κ3) is 7.25. The monoisotopic (exact) mass is 536 g/mol. The quantitative estimate of drug-likeness (QED) is 0.218. The summed E-state index contributed by atoms with van der Waals surface area (Å²) in [5, 5.41) is 65.5. The van der Waals surface area contributed by atoms with Gasteiger partial charge in [0, 0.05) is 12.8 Å². The lowest BCUT2D eigenvalue weighted by atomic mass is 9.71. The van der Waals surface area contributed by atoms with Crippen molar-refractivity contribution < 1.29 is 39.4 Å². The summed E-state index contributed by atoms with van der Waals surface area (Å²) in [6.07, 6.45) is -7.30. The van der Waals surface area contributed by atoms with Gasteiger partial charge in [-0.25, -0.2) is 8.78 Å².